The minimum atomic E-state index is -5.08. The smallest absolute Gasteiger partial charge is 0.475 e. The number of aliphatic carboxylic acids is 2. The Bertz CT molecular complexity index is 1440. The number of alkyl halides is 6. The van der Waals surface area contributed by atoms with Gasteiger partial charge in [-0.2, -0.15) is 31.4 Å². The van der Waals surface area contributed by atoms with Crippen LogP contribution in [0.1, 0.15) is 28.8 Å². The van der Waals surface area contributed by atoms with E-state index in [0.717, 1.165) is 38.5 Å². The number of hydrogen-bond acceptors (Lipinski definition) is 6. The van der Waals surface area contributed by atoms with Crippen LogP contribution >= 0.6 is 0 Å². The van der Waals surface area contributed by atoms with Gasteiger partial charge >= 0.3 is 24.3 Å². The predicted octanol–water partition coefficient (Wildman–Crippen LogP) is 4.10. The summed E-state index contributed by atoms with van der Waals surface area (Å²) in [5.41, 5.74) is 6.67. The van der Waals surface area contributed by atoms with Crippen molar-refractivity contribution in [3.63, 3.8) is 0 Å². The van der Waals surface area contributed by atoms with Crippen molar-refractivity contribution in [1.29, 1.82) is 0 Å². The Morgan fingerprint density at radius 2 is 1.52 bits per heavy atom. The third-order valence-corrected chi connectivity index (χ3v) is 6.21. The SMILES string of the molecule is CN1CCC(CNCc2ccc(-n3cc4cc(F)cc(C(N)=O)c4n3)cc2F)CC1.O=C(O)C(F)(F)F.O=C(O)C(F)(F)F. The van der Waals surface area contributed by atoms with Crippen LogP contribution in [-0.2, 0) is 16.1 Å². The maximum atomic E-state index is 14.7. The maximum absolute atomic E-state index is 14.7. The summed E-state index contributed by atoms with van der Waals surface area (Å²) in [6, 6.07) is 7.18. The molecule has 0 aliphatic carbocycles. The van der Waals surface area contributed by atoms with E-state index in [0.29, 0.717) is 29.1 Å². The quantitative estimate of drug-likeness (QED) is 0.294. The molecule has 0 radical (unpaired) electrons. The Hall–Kier alpha value is -4.32. The number of nitrogens with zero attached hydrogens (tertiary/aromatic N) is 3. The van der Waals surface area contributed by atoms with Gasteiger partial charge in [0.2, 0.25) is 0 Å². The lowest BCUT2D eigenvalue weighted by Crippen LogP contribution is -2.34. The van der Waals surface area contributed by atoms with Crippen molar-refractivity contribution in [2.24, 2.45) is 11.7 Å². The van der Waals surface area contributed by atoms with Gasteiger partial charge in [-0.1, -0.05) is 6.07 Å². The van der Waals surface area contributed by atoms with Gasteiger partial charge in [0, 0.05) is 23.7 Å². The molecule has 242 valence electrons. The first-order valence-electron chi connectivity index (χ1n) is 12.6. The van der Waals surface area contributed by atoms with Gasteiger partial charge in [0.15, 0.2) is 0 Å². The molecule has 3 aromatic rings. The molecule has 10 nitrogen and oxygen atoms in total. The molecule has 44 heavy (non-hydrogen) atoms. The zero-order valence-electron chi connectivity index (χ0n) is 22.8. The van der Waals surface area contributed by atoms with Crippen LogP contribution in [0.3, 0.4) is 0 Å². The number of benzene rings is 2. The summed E-state index contributed by atoms with van der Waals surface area (Å²) in [5.74, 6) is -6.57. The van der Waals surface area contributed by atoms with E-state index in [1.165, 1.54) is 16.8 Å². The van der Waals surface area contributed by atoms with E-state index in [4.69, 9.17) is 25.5 Å². The molecule has 18 heteroatoms. The van der Waals surface area contributed by atoms with E-state index >= 15 is 0 Å². The molecule has 1 amide bonds. The molecule has 1 aliphatic heterocycles. The molecular weight excluding hydrogens is 614 g/mol. The number of nitrogens with two attached hydrogens (primary N) is 1. The van der Waals surface area contributed by atoms with Crippen LogP contribution in [-0.4, -0.2) is 81.8 Å². The van der Waals surface area contributed by atoms with Crippen molar-refractivity contribution in [3.05, 3.63) is 59.3 Å². The second-order valence-corrected chi connectivity index (χ2v) is 9.59. The molecule has 0 spiro atoms. The van der Waals surface area contributed by atoms with Crippen LogP contribution in [0.4, 0.5) is 35.1 Å². The fourth-order valence-electron chi connectivity index (χ4n) is 3.92. The lowest BCUT2D eigenvalue weighted by Gasteiger charge is -2.29. The number of carbonyl (C=O) groups excluding carboxylic acids is 1. The molecule has 1 saturated heterocycles. The number of carboxylic acids is 2. The molecule has 1 aliphatic rings. The number of primary amides is 1. The monoisotopic (exact) mass is 641 g/mol. The van der Waals surface area contributed by atoms with Crippen LogP contribution in [0.5, 0.6) is 0 Å². The molecule has 0 atom stereocenters. The molecule has 5 N–H and O–H groups in total. The average molecular weight is 642 g/mol. The summed E-state index contributed by atoms with van der Waals surface area (Å²) in [6.07, 6.45) is -6.30. The summed E-state index contributed by atoms with van der Waals surface area (Å²) in [4.78, 5) is 31.7. The number of carboxylic acid groups (broad SMARTS) is 2. The molecule has 1 aromatic heterocycles. The predicted molar refractivity (Wildman–Crippen MR) is 139 cm³/mol. The van der Waals surface area contributed by atoms with E-state index in [9.17, 15) is 39.9 Å². The number of fused-ring (bicyclic) bond motifs is 1. The van der Waals surface area contributed by atoms with E-state index in [1.54, 1.807) is 18.3 Å². The fourth-order valence-corrected chi connectivity index (χ4v) is 3.92. The zero-order chi connectivity index (χ0) is 33.4. The molecule has 0 saturated carbocycles. The van der Waals surface area contributed by atoms with Gasteiger partial charge in [0.1, 0.15) is 17.2 Å². The van der Waals surface area contributed by atoms with Crippen LogP contribution in [0.25, 0.3) is 16.6 Å². The number of amides is 1. The van der Waals surface area contributed by atoms with Gasteiger partial charge in [-0.05, 0) is 69.7 Å². The van der Waals surface area contributed by atoms with Crippen LogP contribution < -0.4 is 11.1 Å². The molecule has 1 fully saturated rings. The van der Waals surface area contributed by atoms with Crippen molar-refractivity contribution in [2.75, 3.05) is 26.7 Å². The van der Waals surface area contributed by atoms with Crippen molar-refractivity contribution < 1.29 is 59.7 Å². The highest BCUT2D eigenvalue weighted by atomic mass is 19.4. The van der Waals surface area contributed by atoms with Crippen LogP contribution in [0, 0.1) is 17.6 Å². The normalized spacial score (nSPS) is 14.3. The summed E-state index contributed by atoms with van der Waals surface area (Å²) in [7, 11) is 2.13. The largest absolute Gasteiger partial charge is 0.490 e. The highest BCUT2D eigenvalue weighted by Gasteiger charge is 2.38. The summed E-state index contributed by atoms with van der Waals surface area (Å²) < 4.78 is 93.3. The number of rotatable bonds is 6. The van der Waals surface area contributed by atoms with Gasteiger partial charge in [0.05, 0.1) is 11.3 Å². The Labute approximate surface area is 244 Å². The lowest BCUT2D eigenvalue weighted by molar-refractivity contribution is -0.193. The van der Waals surface area contributed by atoms with Gasteiger partial charge < -0.3 is 26.2 Å². The van der Waals surface area contributed by atoms with Crippen molar-refractivity contribution in [2.45, 2.75) is 31.7 Å². The molecule has 2 aromatic carbocycles. The molecule has 2 heterocycles. The van der Waals surface area contributed by atoms with E-state index in [1.807, 2.05) is 0 Å². The van der Waals surface area contributed by atoms with Crippen molar-refractivity contribution in [3.8, 4) is 5.69 Å². The number of piperidine rings is 1. The van der Waals surface area contributed by atoms with E-state index < -0.39 is 36.0 Å². The number of halogens is 8. The minimum absolute atomic E-state index is 0.000974. The van der Waals surface area contributed by atoms with E-state index in [-0.39, 0.29) is 16.9 Å². The first-order valence-corrected chi connectivity index (χ1v) is 12.6. The van der Waals surface area contributed by atoms with E-state index in [2.05, 4.69) is 22.4 Å². The topological polar surface area (TPSA) is 151 Å². The second kappa shape index (κ2) is 14.9. The molecule has 0 bridgehead atoms. The highest BCUT2D eigenvalue weighted by Crippen LogP contribution is 2.23. The number of hydrogen-bond donors (Lipinski definition) is 4. The van der Waals surface area contributed by atoms with Gasteiger partial charge in [-0.3, -0.25) is 4.79 Å². The number of aromatic nitrogens is 2. The number of carbonyl (C=O) groups is 3. The van der Waals surface area contributed by atoms with Crippen molar-refractivity contribution >= 4 is 28.7 Å². The zero-order valence-corrected chi connectivity index (χ0v) is 22.8. The highest BCUT2D eigenvalue weighted by molar-refractivity contribution is 6.04. The first kappa shape index (κ1) is 35.9. The maximum Gasteiger partial charge on any atom is 0.490 e. The molecule has 4 rings (SSSR count). The summed E-state index contributed by atoms with van der Waals surface area (Å²) in [5, 5.41) is 22.3. The summed E-state index contributed by atoms with van der Waals surface area (Å²) in [6.45, 7) is 3.54. The third-order valence-electron chi connectivity index (χ3n) is 6.21. The summed E-state index contributed by atoms with van der Waals surface area (Å²) >= 11 is 0. The second-order valence-electron chi connectivity index (χ2n) is 9.59. The van der Waals surface area contributed by atoms with Gasteiger partial charge in [-0.15, -0.1) is 0 Å². The van der Waals surface area contributed by atoms with Gasteiger partial charge in [0.25, 0.3) is 5.91 Å². The van der Waals surface area contributed by atoms with Crippen LogP contribution in [0.2, 0.25) is 0 Å². The Morgan fingerprint density at radius 1 is 0.977 bits per heavy atom. The third kappa shape index (κ3) is 10.7. The first-order chi connectivity index (χ1) is 20.3. The van der Waals surface area contributed by atoms with Crippen molar-refractivity contribution in [1.82, 2.24) is 20.0 Å². The van der Waals surface area contributed by atoms with Gasteiger partial charge in [-0.25, -0.2) is 23.1 Å². The van der Waals surface area contributed by atoms with Crippen LogP contribution in [0.15, 0.2) is 36.5 Å². The number of likely N-dealkylation sites (tertiary alicyclic amines) is 1. The Balaban J connectivity index is 0.000000402. The standard InChI is InChI=1S/C22H25F2N5O.2C2HF3O2/c1-28-6-4-14(5-7-28)11-26-12-15-2-3-18(10-20(15)24)29-13-16-8-17(23)9-19(22(25)30)21(16)27-29;2*3-2(4,5)1(6)7/h2-3,8-10,13-14,26H,4-7,11-12H2,1H3,(H2,25,30);2*(H,6,7). The number of nitrogens with one attached hydrogen (secondary N) is 1. The minimum Gasteiger partial charge on any atom is -0.475 e. The molecular formula is C26H27F8N5O5. The fraction of sp³-hybridized carbons (Fsp3) is 0.385. The molecule has 0 unspecified atom stereocenters. The Morgan fingerprint density at radius 3 is 2.00 bits per heavy atom. The lowest BCUT2D eigenvalue weighted by atomic mass is 9.97. The average Bonchev–Trinajstić information content (AvgIpc) is 3.33. The Kier molecular flexibility index (Phi) is 12.2.